The maximum Gasteiger partial charge on any atom is 0.123 e. The summed E-state index contributed by atoms with van der Waals surface area (Å²) in [6.45, 7) is 7.02. The molecule has 0 fully saturated rings. The zero-order chi connectivity index (χ0) is 13.8. The summed E-state index contributed by atoms with van der Waals surface area (Å²) in [4.78, 5) is 0. The van der Waals surface area contributed by atoms with Gasteiger partial charge in [-0.3, -0.25) is 0 Å². The van der Waals surface area contributed by atoms with Crippen molar-refractivity contribution in [3.8, 4) is 5.75 Å². The highest BCUT2D eigenvalue weighted by atomic mass is 16.5. The number of rotatable bonds is 4. The Morgan fingerprint density at radius 1 is 1.05 bits per heavy atom. The molecule has 0 amide bonds. The summed E-state index contributed by atoms with van der Waals surface area (Å²) in [7, 11) is 0. The van der Waals surface area contributed by atoms with Crippen molar-refractivity contribution < 1.29 is 4.74 Å². The Bertz CT molecular complexity index is 544. The van der Waals surface area contributed by atoms with Crippen molar-refractivity contribution >= 4 is 5.69 Å². The number of nitrogen functional groups attached to an aromatic ring is 1. The second-order valence-corrected chi connectivity index (χ2v) is 5.23. The van der Waals surface area contributed by atoms with Crippen molar-refractivity contribution in [1.29, 1.82) is 0 Å². The molecule has 0 radical (unpaired) electrons. The standard InChI is InChI=1S/C17H21NO/c1-12(2)16-9-4-13(3)10-17(16)19-11-14-5-7-15(18)8-6-14/h4-10,12H,11,18H2,1-3H3. The van der Waals surface area contributed by atoms with Crippen LogP contribution in [0.4, 0.5) is 5.69 Å². The molecule has 0 aliphatic heterocycles. The molecule has 2 aromatic rings. The van der Waals surface area contributed by atoms with E-state index >= 15 is 0 Å². The molecule has 0 atom stereocenters. The Balaban J connectivity index is 2.14. The number of hydrogen-bond acceptors (Lipinski definition) is 2. The molecule has 0 aliphatic carbocycles. The topological polar surface area (TPSA) is 35.2 Å². The average Bonchev–Trinajstić information content (AvgIpc) is 2.38. The van der Waals surface area contributed by atoms with Gasteiger partial charge in [0.15, 0.2) is 0 Å². The number of ether oxygens (including phenoxy) is 1. The second-order valence-electron chi connectivity index (χ2n) is 5.23. The molecule has 0 spiro atoms. The van der Waals surface area contributed by atoms with Gasteiger partial charge in [0.1, 0.15) is 12.4 Å². The maximum atomic E-state index is 5.96. The molecule has 2 rings (SSSR count). The van der Waals surface area contributed by atoms with Crippen LogP contribution in [0, 0.1) is 6.92 Å². The lowest BCUT2D eigenvalue weighted by Crippen LogP contribution is -2.00. The summed E-state index contributed by atoms with van der Waals surface area (Å²) in [6.07, 6.45) is 0. The predicted octanol–water partition coefficient (Wildman–Crippen LogP) is 4.28. The lowest BCUT2D eigenvalue weighted by atomic mass is 10.0. The average molecular weight is 255 g/mol. The highest BCUT2D eigenvalue weighted by molar-refractivity contribution is 5.41. The summed E-state index contributed by atoms with van der Waals surface area (Å²) < 4.78 is 5.96. The van der Waals surface area contributed by atoms with Crippen molar-refractivity contribution in [2.45, 2.75) is 33.3 Å². The largest absolute Gasteiger partial charge is 0.489 e. The van der Waals surface area contributed by atoms with Crippen LogP contribution in [0.5, 0.6) is 5.75 Å². The molecule has 19 heavy (non-hydrogen) atoms. The number of nitrogens with two attached hydrogens (primary N) is 1. The fraction of sp³-hybridized carbons (Fsp3) is 0.294. The predicted molar refractivity (Wildman–Crippen MR) is 80.5 cm³/mol. The van der Waals surface area contributed by atoms with Gasteiger partial charge >= 0.3 is 0 Å². The maximum absolute atomic E-state index is 5.96. The van der Waals surface area contributed by atoms with Crippen LogP contribution < -0.4 is 10.5 Å². The summed E-state index contributed by atoms with van der Waals surface area (Å²) in [5, 5.41) is 0. The minimum atomic E-state index is 0.460. The van der Waals surface area contributed by atoms with E-state index in [2.05, 4.69) is 39.0 Å². The molecule has 0 aromatic heterocycles. The van der Waals surface area contributed by atoms with Crippen LogP contribution >= 0.6 is 0 Å². The van der Waals surface area contributed by atoms with E-state index in [4.69, 9.17) is 10.5 Å². The van der Waals surface area contributed by atoms with Gasteiger partial charge in [-0.2, -0.15) is 0 Å². The monoisotopic (exact) mass is 255 g/mol. The third-order valence-corrected chi connectivity index (χ3v) is 3.17. The number of anilines is 1. The van der Waals surface area contributed by atoms with Gasteiger partial charge in [-0.25, -0.2) is 0 Å². The van der Waals surface area contributed by atoms with Crippen LogP contribution in [0.1, 0.15) is 36.5 Å². The summed E-state index contributed by atoms with van der Waals surface area (Å²) in [6, 6.07) is 14.2. The first-order valence-corrected chi connectivity index (χ1v) is 6.64. The highest BCUT2D eigenvalue weighted by Crippen LogP contribution is 2.28. The van der Waals surface area contributed by atoms with Crippen molar-refractivity contribution in [2.24, 2.45) is 0 Å². The molecular weight excluding hydrogens is 234 g/mol. The molecule has 0 bridgehead atoms. The first-order chi connectivity index (χ1) is 9.06. The molecule has 2 heteroatoms. The van der Waals surface area contributed by atoms with Gasteiger partial charge in [0.2, 0.25) is 0 Å². The van der Waals surface area contributed by atoms with Gasteiger partial charge in [0.05, 0.1) is 0 Å². The minimum absolute atomic E-state index is 0.460. The fourth-order valence-electron chi connectivity index (χ4n) is 2.02. The molecule has 0 aliphatic rings. The lowest BCUT2D eigenvalue weighted by molar-refractivity contribution is 0.301. The van der Waals surface area contributed by atoms with Gasteiger partial charge in [0.25, 0.3) is 0 Å². The Kier molecular flexibility index (Phi) is 4.10. The molecule has 0 unspecified atom stereocenters. The Morgan fingerprint density at radius 2 is 1.74 bits per heavy atom. The molecule has 2 N–H and O–H groups in total. The normalized spacial score (nSPS) is 10.7. The van der Waals surface area contributed by atoms with Gasteiger partial charge in [-0.15, -0.1) is 0 Å². The molecule has 2 aromatic carbocycles. The first kappa shape index (κ1) is 13.5. The smallest absolute Gasteiger partial charge is 0.123 e. The summed E-state index contributed by atoms with van der Waals surface area (Å²) >= 11 is 0. The first-order valence-electron chi connectivity index (χ1n) is 6.64. The van der Waals surface area contributed by atoms with Crippen molar-refractivity contribution in [1.82, 2.24) is 0 Å². The van der Waals surface area contributed by atoms with E-state index in [1.54, 1.807) is 0 Å². The Labute approximate surface area is 115 Å². The van der Waals surface area contributed by atoms with Crippen LogP contribution in [-0.4, -0.2) is 0 Å². The quantitative estimate of drug-likeness (QED) is 0.828. The van der Waals surface area contributed by atoms with Crippen LogP contribution in [-0.2, 0) is 6.61 Å². The van der Waals surface area contributed by atoms with Crippen LogP contribution in [0.15, 0.2) is 42.5 Å². The summed E-state index contributed by atoms with van der Waals surface area (Å²) in [5.41, 5.74) is 10.1. The molecule has 0 saturated heterocycles. The lowest BCUT2D eigenvalue weighted by Gasteiger charge is -2.15. The van der Waals surface area contributed by atoms with Crippen LogP contribution in [0.2, 0.25) is 0 Å². The molecule has 100 valence electrons. The van der Waals surface area contributed by atoms with E-state index in [-0.39, 0.29) is 0 Å². The zero-order valence-corrected chi connectivity index (χ0v) is 11.8. The molecule has 2 nitrogen and oxygen atoms in total. The third kappa shape index (κ3) is 3.50. The third-order valence-electron chi connectivity index (χ3n) is 3.17. The minimum Gasteiger partial charge on any atom is -0.489 e. The van der Waals surface area contributed by atoms with Gasteiger partial charge < -0.3 is 10.5 Å². The van der Waals surface area contributed by atoms with Crippen molar-refractivity contribution in [3.05, 3.63) is 59.2 Å². The Morgan fingerprint density at radius 3 is 2.37 bits per heavy atom. The molecule has 0 saturated carbocycles. The zero-order valence-electron chi connectivity index (χ0n) is 11.8. The van der Waals surface area contributed by atoms with E-state index in [0.29, 0.717) is 12.5 Å². The van der Waals surface area contributed by atoms with E-state index in [1.165, 1.54) is 11.1 Å². The number of hydrogen-bond donors (Lipinski definition) is 1. The van der Waals surface area contributed by atoms with E-state index in [9.17, 15) is 0 Å². The van der Waals surface area contributed by atoms with Crippen molar-refractivity contribution in [3.63, 3.8) is 0 Å². The summed E-state index contributed by atoms with van der Waals surface area (Å²) in [5.74, 6) is 1.44. The fourth-order valence-corrected chi connectivity index (χ4v) is 2.02. The van der Waals surface area contributed by atoms with Gasteiger partial charge in [-0.1, -0.05) is 38.1 Å². The second kappa shape index (κ2) is 5.79. The van der Waals surface area contributed by atoms with E-state index in [0.717, 1.165) is 17.0 Å². The molecule has 0 heterocycles. The SMILES string of the molecule is Cc1ccc(C(C)C)c(OCc2ccc(N)cc2)c1. The van der Waals surface area contributed by atoms with Gasteiger partial charge in [-0.05, 0) is 47.7 Å². The van der Waals surface area contributed by atoms with Gasteiger partial charge in [0, 0.05) is 5.69 Å². The van der Waals surface area contributed by atoms with Crippen LogP contribution in [0.25, 0.3) is 0 Å². The Hall–Kier alpha value is -1.96. The number of benzene rings is 2. The molecular formula is C17H21NO. The van der Waals surface area contributed by atoms with E-state index in [1.807, 2.05) is 24.3 Å². The highest BCUT2D eigenvalue weighted by Gasteiger charge is 2.08. The van der Waals surface area contributed by atoms with Crippen LogP contribution in [0.3, 0.4) is 0 Å². The number of aryl methyl sites for hydroxylation is 1. The van der Waals surface area contributed by atoms with Crippen molar-refractivity contribution in [2.75, 3.05) is 5.73 Å². The van der Waals surface area contributed by atoms with E-state index < -0.39 is 0 Å².